The van der Waals surface area contributed by atoms with E-state index in [1.54, 1.807) is 49.6 Å². The van der Waals surface area contributed by atoms with E-state index in [1.165, 1.54) is 14.0 Å². The van der Waals surface area contributed by atoms with Gasteiger partial charge in [-0.3, -0.25) is 9.59 Å². The van der Waals surface area contributed by atoms with Crippen LogP contribution < -0.4 is 19.5 Å². The molecule has 7 nitrogen and oxygen atoms in total. The van der Waals surface area contributed by atoms with Gasteiger partial charge < -0.3 is 24.3 Å². The summed E-state index contributed by atoms with van der Waals surface area (Å²) >= 11 is 0. The van der Waals surface area contributed by atoms with E-state index >= 15 is 0 Å². The number of rotatable bonds is 9. The van der Waals surface area contributed by atoms with Crippen LogP contribution in [0.25, 0.3) is 0 Å². The first-order valence-electron chi connectivity index (χ1n) is 8.91. The van der Waals surface area contributed by atoms with E-state index in [0.717, 1.165) is 0 Å². The monoisotopic (exact) mass is 387 g/mol. The summed E-state index contributed by atoms with van der Waals surface area (Å²) in [5.74, 6) is 0.908. The molecular formula is C21H25NO6. The number of hydrogen-bond donors (Lipinski definition) is 1. The Labute approximate surface area is 164 Å². The average Bonchev–Trinajstić information content (AvgIpc) is 2.69. The molecular weight excluding hydrogens is 362 g/mol. The Balaban J connectivity index is 1.91. The maximum atomic E-state index is 12.3. The van der Waals surface area contributed by atoms with Gasteiger partial charge in [-0.15, -0.1) is 0 Å². The zero-order valence-corrected chi connectivity index (χ0v) is 16.5. The maximum absolute atomic E-state index is 12.3. The first-order chi connectivity index (χ1) is 13.5. The largest absolute Gasteiger partial charge is 0.497 e. The van der Waals surface area contributed by atoms with E-state index in [0.29, 0.717) is 35.1 Å². The van der Waals surface area contributed by atoms with Crippen molar-refractivity contribution in [2.75, 3.05) is 26.1 Å². The fourth-order valence-electron chi connectivity index (χ4n) is 2.49. The lowest BCUT2D eigenvalue weighted by Gasteiger charge is -2.15. The van der Waals surface area contributed by atoms with Crippen LogP contribution in [0.15, 0.2) is 42.5 Å². The number of ether oxygens (including phenoxy) is 4. The molecule has 1 N–H and O–H groups in total. The molecule has 2 aromatic carbocycles. The second-order valence-corrected chi connectivity index (χ2v) is 5.93. The summed E-state index contributed by atoms with van der Waals surface area (Å²) in [5.41, 5.74) is 1.24. The van der Waals surface area contributed by atoms with Crippen LogP contribution in [0, 0.1) is 0 Å². The lowest BCUT2D eigenvalue weighted by Crippen LogP contribution is -2.30. The summed E-state index contributed by atoms with van der Waals surface area (Å²) < 4.78 is 21.0. The molecule has 0 unspecified atom stereocenters. The van der Waals surface area contributed by atoms with Crippen LogP contribution >= 0.6 is 0 Å². The minimum atomic E-state index is -0.941. The Bertz CT molecular complexity index is 803. The third-order valence-corrected chi connectivity index (χ3v) is 3.94. The smallest absolute Gasteiger partial charge is 0.311 e. The van der Waals surface area contributed by atoms with E-state index < -0.39 is 18.0 Å². The molecule has 0 heterocycles. The Hall–Kier alpha value is -3.22. The van der Waals surface area contributed by atoms with Crippen molar-refractivity contribution >= 4 is 17.6 Å². The second-order valence-electron chi connectivity index (χ2n) is 5.93. The zero-order valence-electron chi connectivity index (χ0n) is 16.5. The highest BCUT2D eigenvalue weighted by Crippen LogP contribution is 2.25. The van der Waals surface area contributed by atoms with Crippen molar-refractivity contribution in [3.05, 3.63) is 48.0 Å². The maximum Gasteiger partial charge on any atom is 0.311 e. The predicted molar refractivity (Wildman–Crippen MR) is 105 cm³/mol. The van der Waals surface area contributed by atoms with Crippen molar-refractivity contribution in [3.63, 3.8) is 0 Å². The molecule has 0 radical (unpaired) electrons. The highest BCUT2D eigenvalue weighted by molar-refractivity contribution is 5.95. The van der Waals surface area contributed by atoms with Crippen LogP contribution in [0.4, 0.5) is 5.69 Å². The molecule has 0 aliphatic carbocycles. The lowest BCUT2D eigenvalue weighted by atomic mass is 10.1. The minimum Gasteiger partial charge on any atom is -0.497 e. The van der Waals surface area contributed by atoms with Gasteiger partial charge in [0.2, 0.25) is 0 Å². The molecule has 0 saturated heterocycles. The lowest BCUT2D eigenvalue weighted by molar-refractivity contribution is -0.152. The van der Waals surface area contributed by atoms with Crippen LogP contribution in [0.2, 0.25) is 0 Å². The number of carbonyl (C=O) groups excluding carboxylic acids is 2. The van der Waals surface area contributed by atoms with Crippen molar-refractivity contribution in [2.24, 2.45) is 0 Å². The molecule has 0 aliphatic rings. The fourth-order valence-corrected chi connectivity index (χ4v) is 2.49. The van der Waals surface area contributed by atoms with E-state index in [-0.39, 0.29) is 6.42 Å². The summed E-state index contributed by atoms with van der Waals surface area (Å²) in [6.45, 7) is 3.98. The van der Waals surface area contributed by atoms with Gasteiger partial charge >= 0.3 is 5.97 Å². The van der Waals surface area contributed by atoms with Gasteiger partial charge in [0.25, 0.3) is 5.91 Å². The number of nitrogens with one attached hydrogen (secondary N) is 1. The van der Waals surface area contributed by atoms with E-state index in [1.807, 2.05) is 6.92 Å². The third kappa shape index (κ3) is 5.90. The molecule has 1 atom stereocenters. The predicted octanol–water partition coefficient (Wildman–Crippen LogP) is 3.22. The normalized spacial score (nSPS) is 11.3. The number of anilines is 1. The van der Waals surface area contributed by atoms with Gasteiger partial charge in [-0.05, 0) is 44.2 Å². The van der Waals surface area contributed by atoms with Crippen molar-refractivity contribution in [1.82, 2.24) is 0 Å². The van der Waals surface area contributed by atoms with E-state index in [2.05, 4.69) is 5.32 Å². The van der Waals surface area contributed by atoms with Crippen LogP contribution in [0.5, 0.6) is 17.2 Å². The van der Waals surface area contributed by atoms with Gasteiger partial charge in [0.05, 0.1) is 27.2 Å². The molecule has 0 spiro atoms. The molecule has 7 heteroatoms. The fraction of sp³-hybridized carbons (Fsp3) is 0.333. The standard InChI is InChI=1S/C21H25NO6/c1-5-27-17-10-7-16(8-11-17)22-21(24)14(2)28-20(23)12-15-6-9-18(25-3)13-19(15)26-4/h6-11,13-14H,5,12H2,1-4H3,(H,22,24)/t14-/m1/s1. The van der Waals surface area contributed by atoms with Crippen molar-refractivity contribution < 1.29 is 28.5 Å². The van der Waals surface area contributed by atoms with Crippen molar-refractivity contribution in [3.8, 4) is 17.2 Å². The minimum absolute atomic E-state index is 0.0200. The number of hydrogen-bond acceptors (Lipinski definition) is 6. The average molecular weight is 387 g/mol. The summed E-state index contributed by atoms with van der Waals surface area (Å²) in [4.78, 5) is 24.5. The Morgan fingerprint density at radius 2 is 1.68 bits per heavy atom. The molecule has 28 heavy (non-hydrogen) atoms. The van der Waals surface area contributed by atoms with Crippen molar-refractivity contribution in [1.29, 1.82) is 0 Å². The van der Waals surface area contributed by atoms with Crippen molar-refractivity contribution in [2.45, 2.75) is 26.4 Å². The molecule has 1 amide bonds. The molecule has 0 aliphatic heterocycles. The Morgan fingerprint density at radius 1 is 1.00 bits per heavy atom. The number of methoxy groups -OCH3 is 2. The molecule has 150 valence electrons. The summed E-state index contributed by atoms with van der Waals surface area (Å²) in [6, 6.07) is 12.1. The highest BCUT2D eigenvalue weighted by atomic mass is 16.5. The summed E-state index contributed by atoms with van der Waals surface area (Å²) in [7, 11) is 3.06. The summed E-state index contributed by atoms with van der Waals surface area (Å²) in [5, 5.41) is 2.70. The number of amides is 1. The quantitative estimate of drug-likeness (QED) is 0.665. The third-order valence-electron chi connectivity index (χ3n) is 3.94. The van der Waals surface area contributed by atoms with Crippen LogP contribution in [0.3, 0.4) is 0 Å². The van der Waals surface area contributed by atoms with Gasteiger partial charge in [-0.2, -0.15) is 0 Å². The number of carbonyl (C=O) groups is 2. The highest BCUT2D eigenvalue weighted by Gasteiger charge is 2.19. The Kier molecular flexibility index (Phi) is 7.68. The molecule has 2 rings (SSSR count). The topological polar surface area (TPSA) is 83.1 Å². The second kappa shape index (κ2) is 10.2. The molecule has 0 saturated carbocycles. The number of esters is 1. The van der Waals surface area contributed by atoms with Gasteiger partial charge in [0.1, 0.15) is 17.2 Å². The molecule has 0 aromatic heterocycles. The van der Waals surface area contributed by atoms with E-state index in [4.69, 9.17) is 18.9 Å². The van der Waals surface area contributed by atoms with Gasteiger partial charge in [0.15, 0.2) is 6.10 Å². The van der Waals surface area contributed by atoms with Gasteiger partial charge in [-0.25, -0.2) is 0 Å². The molecule has 2 aromatic rings. The first-order valence-corrected chi connectivity index (χ1v) is 8.91. The first kappa shape index (κ1) is 21.1. The van der Waals surface area contributed by atoms with Crippen LogP contribution in [0.1, 0.15) is 19.4 Å². The Morgan fingerprint density at radius 3 is 2.29 bits per heavy atom. The van der Waals surface area contributed by atoms with Gasteiger partial charge in [-0.1, -0.05) is 6.07 Å². The molecule has 0 bridgehead atoms. The van der Waals surface area contributed by atoms with E-state index in [9.17, 15) is 9.59 Å². The molecule has 0 fully saturated rings. The zero-order chi connectivity index (χ0) is 20.5. The summed E-state index contributed by atoms with van der Waals surface area (Å²) in [6.07, 6.45) is -0.961. The SMILES string of the molecule is CCOc1ccc(NC(=O)[C@@H](C)OC(=O)Cc2ccc(OC)cc2OC)cc1. The van der Waals surface area contributed by atoms with Crippen LogP contribution in [-0.2, 0) is 20.7 Å². The number of benzene rings is 2. The van der Waals surface area contributed by atoms with Crippen LogP contribution in [-0.4, -0.2) is 38.8 Å². The van der Waals surface area contributed by atoms with Gasteiger partial charge in [0, 0.05) is 17.3 Å².